The van der Waals surface area contributed by atoms with Gasteiger partial charge in [-0.15, -0.1) is 0 Å². The summed E-state index contributed by atoms with van der Waals surface area (Å²) in [6, 6.07) is 0.350. The van der Waals surface area contributed by atoms with E-state index in [1.165, 1.54) is 0 Å². The van der Waals surface area contributed by atoms with Gasteiger partial charge >= 0.3 is 5.97 Å². The van der Waals surface area contributed by atoms with Gasteiger partial charge in [0.1, 0.15) is 22.6 Å². The molecule has 0 fully saturated rings. The Hall–Kier alpha value is -1.54. The van der Waals surface area contributed by atoms with E-state index in [-0.39, 0.29) is 5.56 Å². The van der Waals surface area contributed by atoms with Crippen molar-refractivity contribution in [2.45, 2.75) is 17.4 Å². The number of nitrogens with two attached hydrogens (primary N) is 1. The molecule has 0 aliphatic rings. The number of carbonyl (C=O) groups is 1. The van der Waals surface area contributed by atoms with Gasteiger partial charge in [-0.3, -0.25) is 4.79 Å². The molecule has 8 heteroatoms. The predicted molar refractivity (Wildman–Crippen MR) is 58.8 cm³/mol. The second kappa shape index (κ2) is 4.99. The summed E-state index contributed by atoms with van der Waals surface area (Å²) >= 11 is 0. The van der Waals surface area contributed by atoms with Gasteiger partial charge in [-0.1, -0.05) is 6.07 Å². The molecule has 0 aliphatic heterocycles. The first-order chi connectivity index (χ1) is 8.14. The monoisotopic (exact) mass is 279 g/mol. The van der Waals surface area contributed by atoms with Crippen LogP contribution < -0.4 is 5.73 Å². The molecule has 5 nitrogen and oxygen atoms in total. The van der Waals surface area contributed by atoms with Gasteiger partial charge in [0.05, 0.1) is 0 Å². The highest BCUT2D eigenvalue weighted by molar-refractivity contribution is 7.90. The first-order valence-electron chi connectivity index (χ1n) is 4.80. The summed E-state index contributed by atoms with van der Waals surface area (Å²) in [6.07, 6.45) is 0.235. The van der Waals surface area contributed by atoms with Crippen molar-refractivity contribution in [2.75, 3.05) is 6.26 Å². The largest absolute Gasteiger partial charge is 0.480 e. The molecule has 0 bridgehead atoms. The Labute approximate surface area is 102 Å². The first kappa shape index (κ1) is 14.5. The number of carboxylic acid groups (broad SMARTS) is 1. The number of halogens is 2. The molecule has 0 saturated heterocycles. The Balaban J connectivity index is 3.30. The molecular formula is C10H11F2NO4S. The van der Waals surface area contributed by atoms with Crippen molar-refractivity contribution in [2.24, 2.45) is 5.73 Å². The molecule has 1 rings (SSSR count). The van der Waals surface area contributed by atoms with Gasteiger partial charge in [0, 0.05) is 12.7 Å². The van der Waals surface area contributed by atoms with Gasteiger partial charge in [-0.2, -0.15) is 0 Å². The Morgan fingerprint density at radius 3 is 2.44 bits per heavy atom. The van der Waals surface area contributed by atoms with E-state index in [2.05, 4.69) is 0 Å². The summed E-state index contributed by atoms with van der Waals surface area (Å²) in [4.78, 5) is 9.45. The van der Waals surface area contributed by atoms with Crippen molar-refractivity contribution >= 4 is 15.8 Å². The van der Waals surface area contributed by atoms with Gasteiger partial charge in [0.2, 0.25) is 0 Å². The average molecular weight is 279 g/mol. The quantitative estimate of drug-likeness (QED) is 0.827. The summed E-state index contributed by atoms with van der Waals surface area (Å²) in [5, 5.41) is 8.58. The maximum atomic E-state index is 13.8. The highest BCUT2D eigenvalue weighted by Gasteiger charge is 2.24. The Morgan fingerprint density at radius 1 is 1.44 bits per heavy atom. The lowest BCUT2D eigenvalue weighted by molar-refractivity contribution is -0.138. The fourth-order valence-electron chi connectivity index (χ4n) is 1.40. The standard InChI is InChI=1S/C10H11F2NO4S/c1-18(16,17)9-6(11)3-2-5(8(9)12)4-7(13)10(14)15/h2-3,7H,4,13H2,1H3,(H,14,15). The van der Waals surface area contributed by atoms with Crippen molar-refractivity contribution in [1.29, 1.82) is 0 Å². The average Bonchev–Trinajstić information content (AvgIpc) is 2.20. The summed E-state index contributed by atoms with van der Waals surface area (Å²) in [7, 11) is -4.08. The number of carboxylic acids is 1. The van der Waals surface area contributed by atoms with Crippen LogP contribution in [0.2, 0.25) is 0 Å². The molecule has 0 radical (unpaired) electrons. The summed E-state index contributed by atoms with van der Waals surface area (Å²) < 4.78 is 49.5. The van der Waals surface area contributed by atoms with E-state index in [1.807, 2.05) is 0 Å². The molecule has 1 atom stereocenters. The molecule has 1 aromatic rings. The number of sulfone groups is 1. The molecule has 100 valence electrons. The Kier molecular flexibility index (Phi) is 4.02. The zero-order valence-electron chi connectivity index (χ0n) is 9.35. The topological polar surface area (TPSA) is 97.5 Å². The van der Waals surface area contributed by atoms with Crippen molar-refractivity contribution in [1.82, 2.24) is 0 Å². The molecule has 3 N–H and O–H groups in total. The van der Waals surface area contributed by atoms with E-state index in [9.17, 15) is 22.0 Å². The number of hydrogen-bond donors (Lipinski definition) is 2. The Bertz CT molecular complexity index is 586. The molecule has 0 aromatic heterocycles. The van der Waals surface area contributed by atoms with Crippen molar-refractivity contribution < 1.29 is 27.1 Å². The fourth-order valence-corrected chi connectivity index (χ4v) is 2.27. The van der Waals surface area contributed by atoms with Gasteiger partial charge in [-0.25, -0.2) is 17.2 Å². The van der Waals surface area contributed by atoms with Crippen LogP contribution >= 0.6 is 0 Å². The van der Waals surface area contributed by atoms with Crippen LogP contribution in [0.4, 0.5) is 8.78 Å². The number of benzene rings is 1. The van der Waals surface area contributed by atoms with Crippen LogP contribution in [0, 0.1) is 11.6 Å². The van der Waals surface area contributed by atoms with E-state index in [1.54, 1.807) is 0 Å². The number of aliphatic carboxylic acids is 1. The second-order valence-electron chi connectivity index (χ2n) is 3.77. The lowest BCUT2D eigenvalue weighted by atomic mass is 10.1. The smallest absolute Gasteiger partial charge is 0.320 e. The van der Waals surface area contributed by atoms with Gasteiger partial charge in [-0.05, 0) is 11.6 Å². The summed E-state index contributed by atoms with van der Waals surface area (Å²) in [5.41, 5.74) is 4.95. The molecule has 0 spiro atoms. The third-order valence-electron chi connectivity index (χ3n) is 2.26. The van der Waals surface area contributed by atoms with Crippen LogP contribution in [0.1, 0.15) is 5.56 Å². The van der Waals surface area contributed by atoms with E-state index in [0.717, 1.165) is 12.1 Å². The minimum Gasteiger partial charge on any atom is -0.480 e. The van der Waals surface area contributed by atoms with E-state index in [4.69, 9.17) is 10.8 Å². The van der Waals surface area contributed by atoms with Crippen LogP contribution in [0.3, 0.4) is 0 Å². The van der Waals surface area contributed by atoms with E-state index in [0.29, 0.717) is 6.26 Å². The van der Waals surface area contributed by atoms with Gasteiger partial charge in [0.15, 0.2) is 9.84 Å². The van der Waals surface area contributed by atoms with Crippen molar-refractivity contribution in [3.05, 3.63) is 29.3 Å². The normalized spacial score (nSPS) is 13.3. The Morgan fingerprint density at radius 2 is 2.00 bits per heavy atom. The van der Waals surface area contributed by atoms with Crippen LogP contribution in [-0.2, 0) is 21.1 Å². The maximum absolute atomic E-state index is 13.8. The van der Waals surface area contributed by atoms with Gasteiger partial charge < -0.3 is 10.8 Å². The molecule has 18 heavy (non-hydrogen) atoms. The fraction of sp³-hybridized carbons (Fsp3) is 0.300. The first-order valence-corrected chi connectivity index (χ1v) is 6.69. The molecule has 0 heterocycles. The highest BCUT2D eigenvalue weighted by Crippen LogP contribution is 2.22. The van der Waals surface area contributed by atoms with Crippen molar-refractivity contribution in [3.8, 4) is 0 Å². The van der Waals surface area contributed by atoms with Crippen molar-refractivity contribution in [3.63, 3.8) is 0 Å². The molecular weight excluding hydrogens is 268 g/mol. The van der Waals surface area contributed by atoms with Gasteiger partial charge in [0.25, 0.3) is 0 Å². The summed E-state index contributed by atoms with van der Waals surface area (Å²) in [6.45, 7) is 0. The zero-order valence-corrected chi connectivity index (χ0v) is 10.2. The maximum Gasteiger partial charge on any atom is 0.320 e. The molecule has 0 aliphatic carbocycles. The zero-order chi connectivity index (χ0) is 14.1. The third-order valence-corrected chi connectivity index (χ3v) is 3.37. The molecule has 1 unspecified atom stereocenters. The highest BCUT2D eigenvalue weighted by atomic mass is 32.2. The van der Waals surface area contributed by atoms with Crippen LogP contribution in [0.15, 0.2) is 17.0 Å². The lowest BCUT2D eigenvalue weighted by Crippen LogP contribution is -2.32. The second-order valence-corrected chi connectivity index (χ2v) is 5.72. The third kappa shape index (κ3) is 3.02. The predicted octanol–water partition coefficient (Wildman–Crippen LogP) is 0.323. The summed E-state index contributed by atoms with van der Waals surface area (Å²) in [5.74, 6) is -3.88. The van der Waals surface area contributed by atoms with E-state index >= 15 is 0 Å². The molecule has 1 aromatic carbocycles. The van der Waals surface area contributed by atoms with Crippen LogP contribution in [0.25, 0.3) is 0 Å². The molecule has 0 amide bonds. The van der Waals surface area contributed by atoms with E-state index < -0.39 is 44.8 Å². The number of hydrogen-bond acceptors (Lipinski definition) is 4. The SMILES string of the molecule is CS(=O)(=O)c1c(F)ccc(CC(N)C(=O)O)c1F. The lowest BCUT2D eigenvalue weighted by Gasteiger charge is -2.10. The minimum absolute atomic E-state index is 0.258. The minimum atomic E-state index is -4.08. The van der Waals surface area contributed by atoms with Crippen LogP contribution in [-0.4, -0.2) is 31.8 Å². The molecule has 0 saturated carbocycles. The van der Waals surface area contributed by atoms with Crippen LogP contribution in [0.5, 0.6) is 0 Å². The number of rotatable bonds is 4.